The summed E-state index contributed by atoms with van der Waals surface area (Å²) in [4.78, 5) is 31.0. The molecule has 8 heteroatoms. The summed E-state index contributed by atoms with van der Waals surface area (Å²) >= 11 is 7.65. The summed E-state index contributed by atoms with van der Waals surface area (Å²) in [5.41, 5.74) is 2.40. The Hall–Kier alpha value is -2.12. The van der Waals surface area contributed by atoms with Crippen molar-refractivity contribution < 1.29 is 9.59 Å². The quantitative estimate of drug-likeness (QED) is 0.832. The van der Waals surface area contributed by atoms with E-state index in [4.69, 9.17) is 11.6 Å². The maximum Gasteiger partial charge on any atom is 0.322 e. The predicted octanol–water partition coefficient (Wildman–Crippen LogP) is 3.73. The summed E-state index contributed by atoms with van der Waals surface area (Å²) in [6.45, 7) is 4.76. The largest absolute Gasteiger partial charge is 0.349 e. The average molecular weight is 393 g/mol. The molecule has 1 aromatic carbocycles. The molecule has 0 aliphatic carbocycles. The second-order valence-corrected chi connectivity index (χ2v) is 7.79. The molecule has 1 aromatic heterocycles. The lowest BCUT2D eigenvalue weighted by Gasteiger charge is -2.24. The highest BCUT2D eigenvalue weighted by Crippen LogP contribution is 2.23. The average Bonchev–Trinajstić information content (AvgIpc) is 3.25. The number of hydrogen-bond acceptors (Lipinski definition) is 4. The highest BCUT2D eigenvalue weighted by Gasteiger charge is 2.34. The maximum atomic E-state index is 12.6. The second-order valence-electron chi connectivity index (χ2n) is 6.32. The van der Waals surface area contributed by atoms with Gasteiger partial charge in [0.25, 0.3) is 0 Å². The molecule has 0 bridgehead atoms. The normalized spacial score (nSPS) is 16.6. The van der Waals surface area contributed by atoms with Crippen LogP contribution in [-0.4, -0.2) is 34.4 Å². The van der Waals surface area contributed by atoms with Gasteiger partial charge in [0.15, 0.2) is 0 Å². The number of halogens is 1. The molecule has 2 N–H and O–H groups in total. The zero-order valence-corrected chi connectivity index (χ0v) is 16.3. The minimum atomic E-state index is -0.462. The Morgan fingerprint density at radius 3 is 2.88 bits per heavy atom. The maximum absolute atomic E-state index is 12.6. The Morgan fingerprint density at radius 1 is 1.38 bits per heavy atom. The van der Waals surface area contributed by atoms with E-state index in [2.05, 4.69) is 15.6 Å². The van der Waals surface area contributed by atoms with E-state index in [0.717, 1.165) is 22.7 Å². The van der Waals surface area contributed by atoms with E-state index < -0.39 is 6.04 Å². The Labute approximate surface area is 161 Å². The van der Waals surface area contributed by atoms with Crippen molar-refractivity contribution in [3.8, 4) is 0 Å². The van der Waals surface area contributed by atoms with Crippen molar-refractivity contribution in [2.45, 2.75) is 39.3 Å². The first-order valence-electron chi connectivity index (χ1n) is 8.46. The van der Waals surface area contributed by atoms with Gasteiger partial charge in [-0.25, -0.2) is 9.78 Å². The third-order valence-corrected chi connectivity index (χ3v) is 5.58. The van der Waals surface area contributed by atoms with Crippen LogP contribution in [-0.2, 0) is 11.3 Å². The highest BCUT2D eigenvalue weighted by atomic mass is 35.5. The van der Waals surface area contributed by atoms with Crippen LogP contribution in [0.3, 0.4) is 0 Å². The van der Waals surface area contributed by atoms with E-state index in [1.54, 1.807) is 28.4 Å². The summed E-state index contributed by atoms with van der Waals surface area (Å²) < 4.78 is 0. The van der Waals surface area contributed by atoms with Gasteiger partial charge >= 0.3 is 6.03 Å². The van der Waals surface area contributed by atoms with Crippen molar-refractivity contribution in [2.24, 2.45) is 0 Å². The molecular formula is C18H21ClN4O2S. The van der Waals surface area contributed by atoms with Gasteiger partial charge in [0, 0.05) is 22.6 Å². The molecule has 3 amide bonds. The topological polar surface area (TPSA) is 74.3 Å². The van der Waals surface area contributed by atoms with Crippen molar-refractivity contribution in [1.82, 2.24) is 15.2 Å². The number of aryl methyl sites for hydroxylation is 2. The van der Waals surface area contributed by atoms with Gasteiger partial charge in [-0.05, 0) is 44.4 Å². The SMILES string of the molecule is Cc1nc(CNC(=O)[C@H]2CCCN2C(=O)Nc2ccc(C)c(Cl)c2)cs1. The fourth-order valence-electron chi connectivity index (χ4n) is 2.93. The molecule has 0 spiro atoms. The van der Waals surface area contributed by atoms with Crippen LogP contribution < -0.4 is 10.6 Å². The number of urea groups is 1. The number of carbonyl (C=O) groups excluding carboxylic acids is 2. The molecule has 0 radical (unpaired) electrons. The minimum Gasteiger partial charge on any atom is -0.349 e. The molecule has 3 rings (SSSR count). The van der Waals surface area contributed by atoms with Crippen LogP contribution in [0.25, 0.3) is 0 Å². The molecule has 1 aliphatic rings. The fraction of sp³-hybridized carbons (Fsp3) is 0.389. The Bertz CT molecular complexity index is 823. The number of benzene rings is 1. The van der Waals surface area contributed by atoms with Gasteiger partial charge in [-0.1, -0.05) is 17.7 Å². The van der Waals surface area contributed by atoms with E-state index in [1.807, 2.05) is 25.3 Å². The first-order valence-corrected chi connectivity index (χ1v) is 9.72. The molecule has 0 saturated carbocycles. The van der Waals surface area contributed by atoms with Crippen molar-refractivity contribution in [2.75, 3.05) is 11.9 Å². The van der Waals surface area contributed by atoms with E-state index in [9.17, 15) is 9.59 Å². The number of amides is 3. The summed E-state index contributed by atoms with van der Waals surface area (Å²) in [6.07, 6.45) is 1.46. The van der Waals surface area contributed by atoms with Gasteiger partial charge in [0.05, 0.1) is 17.2 Å². The molecule has 138 valence electrons. The number of rotatable bonds is 4. The van der Waals surface area contributed by atoms with Crippen LogP contribution in [0.5, 0.6) is 0 Å². The van der Waals surface area contributed by atoms with Crippen LogP contribution in [0.4, 0.5) is 10.5 Å². The van der Waals surface area contributed by atoms with E-state index in [0.29, 0.717) is 30.2 Å². The predicted molar refractivity (Wildman–Crippen MR) is 104 cm³/mol. The Balaban J connectivity index is 1.60. The number of nitrogens with zero attached hydrogens (tertiary/aromatic N) is 2. The van der Waals surface area contributed by atoms with Crippen molar-refractivity contribution in [3.05, 3.63) is 44.9 Å². The lowest BCUT2D eigenvalue weighted by Crippen LogP contribution is -2.47. The molecule has 26 heavy (non-hydrogen) atoms. The van der Waals surface area contributed by atoms with Crippen LogP contribution in [0.2, 0.25) is 5.02 Å². The van der Waals surface area contributed by atoms with Crippen LogP contribution in [0, 0.1) is 13.8 Å². The van der Waals surface area contributed by atoms with Gasteiger partial charge in [-0.2, -0.15) is 0 Å². The molecule has 2 heterocycles. The van der Waals surface area contributed by atoms with Crippen molar-refractivity contribution in [1.29, 1.82) is 0 Å². The molecule has 1 fully saturated rings. The molecule has 2 aromatic rings. The Morgan fingerprint density at radius 2 is 2.19 bits per heavy atom. The monoisotopic (exact) mass is 392 g/mol. The molecule has 1 atom stereocenters. The highest BCUT2D eigenvalue weighted by molar-refractivity contribution is 7.09. The van der Waals surface area contributed by atoms with Gasteiger partial charge in [0.2, 0.25) is 5.91 Å². The third-order valence-electron chi connectivity index (χ3n) is 4.35. The van der Waals surface area contributed by atoms with Gasteiger partial charge in [0.1, 0.15) is 6.04 Å². The summed E-state index contributed by atoms with van der Waals surface area (Å²) in [7, 11) is 0. The summed E-state index contributed by atoms with van der Waals surface area (Å²) in [6, 6.07) is 4.61. The van der Waals surface area contributed by atoms with Crippen LogP contribution >= 0.6 is 22.9 Å². The first-order chi connectivity index (χ1) is 12.4. The van der Waals surface area contributed by atoms with E-state index >= 15 is 0 Å². The smallest absolute Gasteiger partial charge is 0.322 e. The molecule has 1 aliphatic heterocycles. The zero-order chi connectivity index (χ0) is 18.7. The second kappa shape index (κ2) is 8.05. The number of thiazole rings is 1. The molecular weight excluding hydrogens is 372 g/mol. The molecule has 0 unspecified atom stereocenters. The van der Waals surface area contributed by atoms with Gasteiger partial charge < -0.3 is 15.5 Å². The van der Waals surface area contributed by atoms with Crippen molar-refractivity contribution in [3.63, 3.8) is 0 Å². The summed E-state index contributed by atoms with van der Waals surface area (Å²) in [5.74, 6) is -0.148. The van der Waals surface area contributed by atoms with Gasteiger partial charge in [-0.3, -0.25) is 4.79 Å². The molecule has 1 saturated heterocycles. The first kappa shape index (κ1) is 18.7. The Kier molecular flexibility index (Phi) is 5.78. The molecule has 6 nitrogen and oxygen atoms in total. The number of hydrogen-bond donors (Lipinski definition) is 2. The number of anilines is 1. The zero-order valence-electron chi connectivity index (χ0n) is 14.7. The number of nitrogens with one attached hydrogen (secondary N) is 2. The standard InChI is InChI=1S/C18H21ClN4O2S/c1-11-5-6-13(8-15(11)19)22-18(25)23-7-3-4-16(23)17(24)20-9-14-10-26-12(2)21-14/h5-6,8,10,16H,3-4,7,9H2,1-2H3,(H,20,24)(H,22,25)/t16-/m1/s1. The van der Waals surface area contributed by atoms with Crippen molar-refractivity contribution >= 4 is 40.6 Å². The number of aromatic nitrogens is 1. The van der Waals surface area contributed by atoms with Crippen LogP contribution in [0.1, 0.15) is 29.1 Å². The number of carbonyl (C=O) groups is 2. The lowest BCUT2D eigenvalue weighted by atomic mass is 10.2. The lowest BCUT2D eigenvalue weighted by molar-refractivity contribution is -0.124. The van der Waals surface area contributed by atoms with E-state index in [-0.39, 0.29) is 11.9 Å². The van der Waals surface area contributed by atoms with Crippen LogP contribution in [0.15, 0.2) is 23.6 Å². The third kappa shape index (κ3) is 4.34. The fourth-order valence-corrected chi connectivity index (χ4v) is 3.73. The van der Waals surface area contributed by atoms with E-state index in [1.165, 1.54) is 0 Å². The summed E-state index contributed by atoms with van der Waals surface area (Å²) in [5, 5.41) is 9.19. The number of likely N-dealkylation sites (tertiary alicyclic amines) is 1. The van der Waals surface area contributed by atoms with Gasteiger partial charge in [-0.15, -0.1) is 11.3 Å². The minimum absolute atomic E-state index is 0.148.